The highest BCUT2D eigenvalue weighted by Gasteiger charge is 2.53. The van der Waals surface area contributed by atoms with Crippen molar-refractivity contribution in [1.29, 1.82) is 0 Å². The number of rotatable bonds is 57. The lowest BCUT2D eigenvalue weighted by Crippen LogP contribution is -2.66. The van der Waals surface area contributed by atoms with Crippen molar-refractivity contribution < 1.29 is 89.4 Å². The number of carbonyl (C=O) groups excluding carboxylic acids is 1. The van der Waals surface area contributed by atoms with E-state index in [0.717, 1.165) is 103 Å². The number of unbranched alkanes of at least 4 members (excludes halogenated alkanes) is 23. The highest BCUT2D eigenvalue weighted by atomic mass is 16.8. The maximum Gasteiger partial charge on any atom is 0.220 e. The van der Waals surface area contributed by atoms with Gasteiger partial charge < -0.3 is 89.9 Å². The largest absolute Gasteiger partial charge is 0.394 e. The van der Waals surface area contributed by atoms with Crippen LogP contribution in [0.4, 0.5) is 0 Å². The molecule has 3 aliphatic rings. The second-order valence-electron chi connectivity index (χ2n) is 26.4. The van der Waals surface area contributed by atoms with Gasteiger partial charge in [-0.2, -0.15) is 0 Å². The van der Waals surface area contributed by atoms with E-state index in [1.54, 1.807) is 6.08 Å². The minimum Gasteiger partial charge on any atom is -0.394 e. The molecule has 0 saturated carbocycles. The van der Waals surface area contributed by atoms with Crippen LogP contribution in [0.25, 0.3) is 0 Å². The van der Waals surface area contributed by atoms with Crippen LogP contribution in [0, 0.1) is 0 Å². The standard InChI is InChI=1S/C79H133NO18/c1-3-5-7-9-11-13-15-17-19-21-22-23-24-25-26-27-28-29-30-31-32-33-34-35-36-37-38-39-40-41-43-45-47-49-51-53-55-57-67(85)80-62(63(84)56-54-52-50-48-46-44-42-20-18-16-14-12-10-8-6-4-2)61-93-77-73(91)70(88)75(65(59-82)95-77)98-79-74(92)71(89)76(66(60-83)96-79)97-78-72(90)69(87)68(86)64(58-81)94-78/h5,7,11,13,17,19,22-23,25-26,28-29,31-32,34-35,46,48,54,56,62-66,68-79,81-84,86-92H,3-4,6,8-10,12,14-16,18,20-21,24,27,30,33,36-45,47,49-53,55,57-61H2,1-2H3,(H,80,85)/b7-5-,13-11-,19-17-,23-22-,26-25-,29-28-,32-31-,35-34-,48-46+,56-54+. The molecule has 17 atom stereocenters. The van der Waals surface area contributed by atoms with Gasteiger partial charge in [0, 0.05) is 6.42 Å². The zero-order valence-corrected chi connectivity index (χ0v) is 59.7. The molecule has 0 bridgehead atoms. The molecule has 3 rings (SSSR count). The molecule has 562 valence electrons. The van der Waals surface area contributed by atoms with Gasteiger partial charge >= 0.3 is 0 Å². The van der Waals surface area contributed by atoms with Crippen LogP contribution in [0.2, 0.25) is 0 Å². The number of aliphatic hydroxyl groups is 11. The molecule has 0 aromatic carbocycles. The summed E-state index contributed by atoms with van der Waals surface area (Å²) in [7, 11) is 0. The number of allylic oxidation sites excluding steroid dienone is 19. The summed E-state index contributed by atoms with van der Waals surface area (Å²) >= 11 is 0. The molecular weight excluding hydrogens is 1250 g/mol. The number of amides is 1. The quantitative estimate of drug-likeness (QED) is 0.0199. The Balaban J connectivity index is 1.36. The normalized spacial score (nSPS) is 27.5. The number of ether oxygens (including phenoxy) is 6. The van der Waals surface area contributed by atoms with Crippen LogP contribution in [0.1, 0.15) is 239 Å². The first-order valence-electron chi connectivity index (χ1n) is 37.8. The molecule has 0 spiro atoms. The van der Waals surface area contributed by atoms with Crippen LogP contribution in [0.15, 0.2) is 122 Å². The predicted molar refractivity (Wildman–Crippen MR) is 387 cm³/mol. The fourth-order valence-corrected chi connectivity index (χ4v) is 11.9. The molecule has 0 radical (unpaired) electrons. The van der Waals surface area contributed by atoms with Crippen molar-refractivity contribution in [3.63, 3.8) is 0 Å². The fourth-order valence-electron chi connectivity index (χ4n) is 11.9. The molecule has 19 heteroatoms. The van der Waals surface area contributed by atoms with Crippen LogP contribution >= 0.6 is 0 Å². The van der Waals surface area contributed by atoms with E-state index in [-0.39, 0.29) is 18.9 Å². The van der Waals surface area contributed by atoms with Crippen molar-refractivity contribution in [3.8, 4) is 0 Å². The lowest BCUT2D eigenvalue weighted by atomic mass is 9.96. The van der Waals surface area contributed by atoms with E-state index in [4.69, 9.17) is 28.4 Å². The predicted octanol–water partition coefficient (Wildman–Crippen LogP) is 11.6. The van der Waals surface area contributed by atoms with Crippen LogP contribution in [-0.4, -0.2) is 193 Å². The van der Waals surface area contributed by atoms with Crippen molar-refractivity contribution in [2.75, 3.05) is 26.4 Å². The Labute approximate surface area is 588 Å². The van der Waals surface area contributed by atoms with Crippen LogP contribution < -0.4 is 5.32 Å². The van der Waals surface area contributed by atoms with E-state index in [0.29, 0.717) is 12.8 Å². The maximum atomic E-state index is 13.4. The summed E-state index contributed by atoms with van der Waals surface area (Å²) in [5.41, 5.74) is 0. The van der Waals surface area contributed by atoms with E-state index >= 15 is 0 Å². The molecule has 3 aliphatic heterocycles. The average Bonchev–Trinajstić information content (AvgIpc) is 0.784. The van der Waals surface area contributed by atoms with Gasteiger partial charge in [-0.05, 0) is 96.3 Å². The molecular formula is C79H133NO18. The Bertz CT molecular complexity index is 2250. The Kier molecular flexibility index (Phi) is 52.9. The molecule has 12 N–H and O–H groups in total. The highest BCUT2D eigenvalue weighted by Crippen LogP contribution is 2.33. The second kappa shape index (κ2) is 58.7. The summed E-state index contributed by atoms with van der Waals surface area (Å²) in [6.07, 6.45) is 54.7. The van der Waals surface area contributed by atoms with Gasteiger partial charge in [0.1, 0.15) is 73.2 Å². The van der Waals surface area contributed by atoms with Crippen molar-refractivity contribution in [2.45, 2.75) is 343 Å². The van der Waals surface area contributed by atoms with Crippen molar-refractivity contribution in [1.82, 2.24) is 5.32 Å². The Hall–Kier alpha value is -3.81. The number of hydrogen-bond acceptors (Lipinski definition) is 18. The van der Waals surface area contributed by atoms with Crippen molar-refractivity contribution in [2.24, 2.45) is 0 Å². The lowest BCUT2D eigenvalue weighted by Gasteiger charge is -2.48. The monoisotopic (exact) mass is 1380 g/mol. The zero-order valence-electron chi connectivity index (χ0n) is 59.7. The Morgan fingerprint density at radius 2 is 0.714 bits per heavy atom. The van der Waals surface area contributed by atoms with Crippen LogP contribution in [-0.2, 0) is 33.2 Å². The lowest BCUT2D eigenvalue weighted by molar-refractivity contribution is -0.379. The molecule has 0 aliphatic carbocycles. The number of nitrogens with one attached hydrogen (secondary N) is 1. The van der Waals surface area contributed by atoms with Gasteiger partial charge in [-0.1, -0.05) is 257 Å². The molecule has 3 heterocycles. The van der Waals surface area contributed by atoms with Crippen molar-refractivity contribution in [3.05, 3.63) is 122 Å². The smallest absolute Gasteiger partial charge is 0.220 e. The van der Waals surface area contributed by atoms with Gasteiger partial charge in [-0.15, -0.1) is 0 Å². The molecule has 19 nitrogen and oxygen atoms in total. The van der Waals surface area contributed by atoms with Crippen LogP contribution in [0.5, 0.6) is 0 Å². The van der Waals surface area contributed by atoms with Gasteiger partial charge in [0.15, 0.2) is 18.9 Å². The first kappa shape index (κ1) is 88.4. The van der Waals surface area contributed by atoms with E-state index in [9.17, 15) is 61.0 Å². The average molecular weight is 1380 g/mol. The van der Waals surface area contributed by atoms with E-state index in [2.05, 4.69) is 129 Å². The minimum atomic E-state index is -1.99. The second-order valence-corrected chi connectivity index (χ2v) is 26.4. The highest BCUT2D eigenvalue weighted by molar-refractivity contribution is 5.76. The Morgan fingerprint density at radius 1 is 0.378 bits per heavy atom. The summed E-state index contributed by atoms with van der Waals surface area (Å²) in [5.74, 6) is -0.292. The summed E-state index contributed by atoms with van der Waals surface area (Å²) in [5, 5.41) is 121. The number of hydrogen-bond donors (Lipinski definition) is 12. The third-order valence-electron chi connectivity index (χ3n) is 18.0. The van der Waals surface area contributed by atoms with Gasteiger partial charge in [-0.25, -0.2) is 0 Å². The third-order valence-corrected chi connectivity index (χ3v) is 18.0. The fraction of sp³-hybridized carbons (Fsp3) is 0.734. The summed E-state index contributed by atoms with van der Waals surface area (Å²) in [6.45, 7) is 1.59. The molecule has 0 aromatic rings. The third kappa shape index (κ3) is 39.0. The first-order chi connectivity index (χ1) is 47.8. The van der Waals surface area contributed by atoms with E-state index in [1.807, 2.05) is 6.08 Å². The van der Waals surface area contributed by atoms with E-state index < -0.39 is 124 Å². The zero-order chi connectivity index (χ0) is 71.1. The molecule has 98 heavy (non-hydrogen) atoms. The van der Waals surface area contributed by atoms with Crippen LogP contribution in [0.3, 0.4) is 0 Å². The van der Waals surface area contributed by atoms with E-state index in [1.165, 1.54) is 103 Å². The molecule has 3 saturated heterocycles. The minimum absolute atomic E-state index is 0.226. The number of carbonyl (C=O) groups is 1. The molecule has 3 fully saturated rings. The van der Waals surface area contributed by atoms with Gasteiger partial charge in [-0.3, -0.25) is 4.79 Å². The maximum absolute atomic E-state index is 13.4. The summed E-state index contributed by atoms with van der Waals surface area (Å²) in [6, 6.07) is -0.999. The van der Waals surface area contributed by atoms with Gasteiger partial charge in [0.2, 0.25) is 5.91 Å². The molecule has 0 aromatic heterocycles. The van der Waals surface area contributed by atoms with Gasteiger partial charge in [0.05, 0.1) is 38.6 Å². The first-order valence-corrected chi connectivity index (χ1v) is 37.8. The van der Waals surface area contributed by atoms with Gasteiger partial charge in [0.25, 0.3) is 0 Å². The van der Waals surface area contributed by atoms with Crippen molar-refractivity contribution >= 4 is 5.91 Å². The Morgan fingerprint density at radius 3 is 1.14 bits per heavy atom. The molecule has 17 unspecified atom stereocenters. The summed E-state index contributed by atoms with van der Waals surface area (Å²) < 4.78 is 34.3. The SMILES string of the molecule is CC/C=C\C/C=C\C/C=C\C/C=C\C/C=C\C/C=C\C/C=C\C/C=C\CCCCCCCCCCCCCCC(=O)NC(COC1OC(CO)C(OC2OC(CO)C(OC3OC(CO)C(O)C(O)C3O)C(O)C2O)C(O)C1O)C(O)/C=C/CC/C=C/CCCCCCCCCCCC. The topological polar surface area (TPSA) is 307 Å². The summed E-state index contributed by atoms with van der Waals surface area (Å²) in [4.78, 5) is 13.4. The number of aliphatic hydroxyl groups excluding tert-OH is 11. The molecule has 1 amide bonds.